The largest absolute Gasteiger partial charge is 0.486 e. The molecule has 0 aliphatic carbocycles. The average molecular weight is 422 g/mol. The van der Waals surface area contributed by atoms with Crippen molar-refractivity contribution in [1.29, 1.82) is 0 Å². The molecule has 0 aliphatic heterocycles. The lowest BCUT2D eigenvalue weighted by molar-refractivity contribution is 0.112. The topological polar surface area (TPSA) is 26.3 Å². The Bertz CT molecular complexity index is 639. The van der Waals surface area contributed by atoms with Crippen LogP contribution in [0.5, 0.6) is 5.75 Å². The molecule has 0 heterocycles. The molecule has 0 radical (unpaired) electrons. The highest BCUT2D eigenvalue weighted by Crippen LogP contribution is 2.35. The quantitative estimate of drug-likeness (QED) is 0.617. The van der Waals surface area contributed by atoms with Gasteiger partial charge in [0.15, 0.2) is 0 Å². The highest BCUT2D eigenvalue weighted by atomic mass is 79.9. The summed E-state index contributed by atoms with van der Waals surface area (Å²) < 4.78 is 20.4. The van der Waals surface area contributed by atoms with Crippen LogP contribution in [0.3, 0.4) is 0 Å². The molecule has 2 aromatic rings. The predicted octanol–water partition coefficient (Wildman–Crippen LogP) is 5.40. The highest BCUT2D eigenvalue weighted by Gasteiger charge is 2.11. The zero-order valence-corrected chi connectivity index (χ0v) is 13.9. The zero-order valence-electron chi connectivity index (χ0n) is 10.00. The molecule has 0 spiro atoms. The van der Waals surface area contributed by atoms with E-state index in [2.05, 4.69) is 31.9 Å². The SMILES string of the molecule is O=Cc1cc(Br)c(OCc2cc(Cl)ccc2F)c(Br)c1. The molecule has 104 valence electrons. The van der Waals surface area contributed by atoms with Crippen molar-refractivity contribution in [3.05, 3.63) is 61.2 Å². The molecule has 0 aliphatic rings. The Morgan fingerprint density at radius 3 is 2.45 bits per heavy atom. The molecule has 20 heavy (non-hydrogen) atoms. The van der Waals surface area contributed by atoms with Crippen LogP contribution in [0.25, 0.3) is 0 Å². The molecule has 2 nitrogen and oxygen atoms in total. The third-order valence-electron chi connectivity index (χ3n) is 2.54. The fourth-order valence-electron chi connectivity index (χ4n) is 1.59. The summed E-state index contributed by atoms with van der Waals surface area (Å²) in [5.74, 6) is 0.112. The third-order valence-corrected chi connectivity index (χ3v) is 3.95. The number of carbonyl (C=O) groups excluding carboxylic acids is 1. The lowest BCUT2D eigenvalue weighted by Crippen LogP contribution is -2.00. The maximum Gasteiger partial charge on any atom is 0.150 e. The maximum atomic E-state index is 13.6. The molecule has 2 aromatic carbocycles. The Morgan fingerprint density at radius 2 is 1.85 bits per heavy atom. The van der Waals surface area contributed by atoms with E-state index in [1.807, 2.05) is 0 Å². The van der Waals surface area contributed by atoms with E-state index in [4.69, 9.17) is 16.3 Å². The van der Waals surface area contributed by atoms with Gasteiger partial charge in [-0.1, -0.05) is 11.6 Å². The Labute approximate surface area is 137 Å². The van der Waals surface area contributed by atoms with Crippen molar-refractivity contribution in [2.24, 2.45) is 0 Å². The maximum absolute atomic E-state index is 13.6. The summed E-state index contributed by atoms with van der Waals surface area (Å²) >= 11 is 12.4. The van der Waals surface area contributed by atoms with Crippen molar-refractivity contribution in [2.45, 2.75) is 6.61 Å². The minimum Gasteiger partial charge on any atom is -0.486 e. The Balaban J connectivity index is 2.23. The van der Waals surface area contributed by atoms with E-state index in [-0.39, 0.29) is 12.4 Å². The first-order chi connectivity index (χ1) is 9.51. The molecule has 0 aromatic heterocycles. The second kappa shape index (κ2) is 6.70. The number of benzene rings is 2. The molecule has 0 saturated heterocycles. The monoisotopic (exact) mass is 420 g/mol. The first kappa shape index (κ1) is 15.5. The first-order valence-electron chi connectivity index (χ1n) is 5.52. The van der Waals surface area contributed by atoms with Crippen LogP contribution < -0.4 is 4.74 Å². The number of ether oxygens (including phenoxy) is 1. The van der Waals surface area contributed by atoms with Gasteiger partial charge in [-0.3, -0.25) is 4.79 Å². The van der Waals surface area contributed by atoms with Crippen LogP contribution in [0.15, 0.2) is 39.3 Å². The van der Waals surface area contributed by atoms with Gasteiger partial charge in [-0.15, -0.1) is 0 Å². The standard InChI is InChI=1S/C14H8Br2ClFO2/c15-11-3-8(6-19)4-12(16)14(11)20-7-9-5-10(17)1-2-13(9)18/h1-6H,7H2. The van der Waals surface area contributed by atoms with Crippen molar-refractivity contribution in [3.8, 4) is 5.75 Å². The molecule has 0 saturated carbocycles. The Morgan fingerprint density at radius 1 is 1.20 bits per heavy atom. The van der Waals surface area contributed by atoms with Gasteiger partial charge in [-0.2, -0.15) is 0 Å². The summed E-state index contributed by atoms with van der Waals surface area (Å²) in [4.78, 5) is 10.7. The lowest BCUT2D eigenvalue weighted by atomic mass is 10.2. The second-order valence-electron chi connectivity index (χ2n) is 3.96. The van der Waals surface area contributed by atoms with Gasteiger partial charge in [0.05, 0.1) is 8.95 Å². The van der Waals surface area contributed by atoms with Gasteiger partial charge in [0.25, 0.3) is 0 Å². The van der Waals surface area contributed by atoms with E-state index in [0.717, 1.165) is 6.29 Å². The molecule has 0 unspecified atom stereocenters. The van der Waals surface area contributed by atoms with Gasteiger partial charge < -0.3 is 4.74 Å². The van der Waals surface area contributed by atoms with Crippen molar-refractivity contribution in [2.75, 3.05) is 0 Å². The highest BCUT2D eigenvalue weighted by molar-refractivity contribution is 9.11. The fraction of sp³-hybridized carbons (Fsp3) is 0.0714. The van der Waals surface area contributed by atoms with E-state index in [0.29, 0.717) is 30.8 Å². The molecule has 0 N–H and O–H groups in total. The number of hydrogen-bond donors (Lipinski definition) is 0. The Kier molecular flexibility index (Phi) is 5.18. The zero-order chi connectivity index (χ0) is 14.7. The number of aldehydes is 1. The van der Waals surface area contributed by atoms with Crippen LogP contribution in [0.2, 0.25) is 5.02 Å². The van der Waals surface area contributed by atoms with Crippen LogP contribution in [0.4, 0.5) is 4.39 Å². The van der Waals surface area contributed by atoms with E-state index < -0.39 is 0 Å². The van der Waals surface area contributed by atoms with Crippen molar-refractivity contribution in [1.82, 2.24) is 0 Å². The lowest BCUT2D eigenvalue weighted by Gasteiger charge is -2.11. The minimum absolute atomic E-state index is 0.0318. The number of hydrogen-bond acceptors (Lipinski definition) is 2. The number of rotatable bonds is 4. The summed E-state index contributed by atoms with van der Waals surface area (Å²) in [6.07, 6.45) is 0.732. The molecule has 2 rings (SSSR count). The molecule has 0 amide bonds. The minimum atomic E-state index is -0.383. The van der Waals surface area contributed by atoms with Crippen LogP contribution in [-0.2, 0) is 6.61 Å². The van der Waals surface area contributed by atoms with Gasteiger partial charge >= 0.3 is 0 Å². The third kappa shape index (κ3) is 3.59. The molecule has 0 atom stereocenters. The van der Waals surface area contributed by atoms with Crippen LogP contribution >= 0.6 is 43.5 Å². The Hall–Kier alpha value is -0.910. The summed E-state index contributed by atoms with van der Waals surface area (Å²) in [6, 6.07) is 7.53. The molecule has 6 heteroatoms. The number of carbonyl (C=O) groups is 1. The van der Waals surface area contributed by atoms with Crippen LogP contribution in [0, 0.1) is 5.82 Å². The van der Waals surface area contributed by atoms with Crippen LogP contribution in [0.1, 0.15) is 15.9 Å². The summed E-state index contributed by atoms with van der Waals surface area (Å²) in [5, 5.41) is 0.444. The smallest absolute Gasteiger partial charge is 0.150 e. The van der Waals surface area contributed by atoms with Gasteiger partial charge in [0.1, 0.15) is 24.5 Å². The average Bonchev–Trinajstić information content (AvgIpc) is 2.41. The number of halogens is 4. The molecule has 0 fully saturated rings. The summed E-state index contributed by atoms with van der Waals surface area (Å²) in [5.41, 5.74) is 0.862. The van der Waals surface area contributed by atoms with Gasteiger partial charge in [0, 0.05) is 16.1 Å². The van der Waals surface area contributed by atoms with Gasteiger partial charge in [-0.05, 0) is 62.2 Å². The van der Waals surface area contributed by atoms with Crippen molar-refractivity contribution in [3.63, 3.8) is 0 Å². The van der Waals surface area contributed by atoms with Crippen molar-refractivity contribution >= 4 is 49.7 Å². The van der Waals surface area contributed by atoms with E-state index in [1.165, 1.54) is 18.2 Å². The second-order valence-corrected chi connectivity index (χ2v) is 6.10. The van der Waals surface area contributed by atoms with E-state index >= 15 is 0 Å². The van der Waals surface area contributed by atoms with E-state index in [1.54, 1.807) is 12.1 Å². The predicted molar refractivity (Wildman–Crippen MR) is 83.0 cm³/mol. The van der Waals surface area contributed by atoms with Gasteiger partial charge in [0.2, 0.25) is 0 Å². The summed E-state index contributed by atoms with van der Waals surface area (Å²) in [7, 11) is 0. The normalized spacial score (nSPS) is 10.4. The van der Waals surface area contributed by atoms with Crippen LogP contribution in [-0.4, -0.2) is 6.29 Å². The van der Waals surface area contributed by atoms with Crippen molar-refractivity contribution < 1.29 is 13.9 Å². The summed E-state index contributed by atoms with van der Waals surface area (Å²) in [6.45, 7) is 0.0318. The van der Waals surface area contributed by atoms with Gasteiger partial charge in [-0.25, -0.2) is 4.39 Å². The molecule has 0 bridgehead atoms. The first-order valence-corrected chi connectivity index (χ1v) is 7.48. The fourth-order valence-corrected chi connectivity index (χ4v) is 3.23. The molecular weight excluding hydrogens is 414 g/mol. The van der Waals surface area contributed by atoms with E-state index in [9.17, 15) is 9.18 Å². The molecular formula is C14H8Br2ClFO2.